The summed E-state index contributed by atoms with van der Waals surface area (Å²) in [5, 5.41) is 4.03. The van der Waals surface area contributed by atoms with Gasteiger partial charge in [-0.2, -0.15) is 0 Å². The molecule has 0 aromatic rings. The number of nitrogens with one attached hydrogen (secondary N) is 1. The maximum absolute atomic E-state index is 12.1. The van der Waals surface area contributed by atoms with Crippen LogP contribution in [0.1, 0.15) is 59.8 Å². The molecule has 1 saturated heterocycles. The van der Waals surface area contributed by atoms with Gasteiger partial charge in [-0.1, -0.05) is 13.3 Å². The van der Waals surface area contributed by atoms with E-state index in [-0.39, 0.29) is 6.09 Å². The topological polar surface area (TPSA) is 58.6 Å². The normalized spacial score (nSPS) is 30.3. The van der Waals surface area contributed by atoms with Crippen LogP contribution in [0.15, 0.2) is 0 Å². The number of ether oxygens (including phenoxy) is 1. The van der Waals surface area contributed by atoms with E-state index in [1.54, 1.807) is 4.90 Å². The lowest BCUT2D eigenvalue weighted by atomic mass is 9.94. The molecule has 4 unspecified atom stereocenters. The lowest BCUT2D eigenvalue weighted by Crippen LogP contribution is -2.45. The molecule has 4 atom stereocenters. The lowest BCUT2D eigenvalue weighted by molar-refractivity contribution is 0.0290. The first kappa shape index (κ1) is 18.7. The summed E-state index contributed by atoms with van der Waals surface area (Å²) in [6.07, 6.45) is 5.15. The summed E-state index contributed by atoms with van der Waals surface area (Å²) < 4.78 is 17.5. The second-order valence-electron chi connectivity index (χ2n) is 7.73. The number of carbonyl (C=O) groups is 1. The molecule has 5 nitrogen and oxygen atoms in total. The minimum atomic E-state index is -0.688. The highest BCUT2D eigenvalue weighted by Gasteiger charge is 2.32. The molecule has 0 bridgehead atoms. The zero-order valence-corrected chi connectivity index (χ0v) is 15.8. The average Bonchev–Trinajstić information content (AvgIpc) is 2.93. The molecule has 0 radical (unpaired) electrons. The predicted molar refractivity (Wildman–Crippen MR) is 94.1 cm³/mol. The van der Waals surface area contributed by atoms with Crippen molar-refractivity contribution in [1.29, 1.82) is 0 Å². The van der Waals surface area contributed by atoms with Crippen molar-refractivity contribution in [1.82, 2.24) is 10.2 Å². The van der Waals surface area contributed by atoms with Gasteiger partial charge in [0.05, 0.1) is 0 Å². The minimum absolute atomic E-state index is 0.213. The van der Waals surface area contributed by atoms with E-state index in [1.165, 1.54) is 0 Å². The Morgan fingerprint density at radius 1 is 1.26 bits per heavy atom. The lowest BCUT2D eigenvalue weighted by Gasteiger charge is -2.31. The molecule has 6 heteroatoms. The van der Waals surface area contributed by atoms with Gasteiger partial charge in [0.15, 0.2) is 0 Å². The molecular weight excluding hydrogens is 312 g/mol. The molecule has 1 aliphatic carbocycles. The van der Waals surface area contributed by atoms with Crippen molar-refractivity contribution in [2.75, 3.05) is 18.8 Å². The number of hydrogen-bond acceptors (Lipinski definition) is 4. The van der Waals surface area contributed by atoms with E-state index in [0.717, 1.165) is 44.4 Å². The van der Waals surface area contributed by atoms with E-state index in [1.807, 2.05) is 27.7 Å². The number of likely N-dealkylation sites (tertiary alicyclic amines) is 1. The molecule has 1 amide bonds. The van der Waals surface area contributed by atoms with Crippen LogP contribution in [0.2, 0.25) is 0 Å². The first-order valence-electron chi connectivity index (χ1n) is 8.89. The summed E-state index contributed by atoms with van der Waals surface area (Å²) in [4.78, 5) is 13.9. The Kier molecular flexibility index (Phi) is 6.48. The SMILES string of the molecule is CCS(=O)C1CCCC(NC2CCN(C(=O)OC(C)(C)C)C2)C1. The van der Waals surface area contributed by atoms with E-state index >= 15 is 0 Å². The first-order chi connectivity index (χ1) is 10.8. The molecule has 134 valence electrons. The van der Waals surface area contributed by atoms with Crippen LogP contribution in [0, 0.1) is 0 Å². The van der Waals surface area contributed by atoms with Crippen LogP contribution >= 0.6 is 0 Å². The van der Waals surface area contributed by atoms with Crippen LogP contribution in [0.5, 0.6) is 0 Å². The summed E-state index contributed by atoms with van der Waals surface area (Å²) >= 11 is 0. The van der Waals surface area contributed by atoms with Crippen molar-refractivity contribution in [2.45, 2.75) is 82.7 Å². The second-order valence-corrected chi connectivity index (χ2v) is 9.74. The Bertz CT molecular complexity index is 436. The smallest absolute Gasteiger partial charge is 0.410 e. The van der Waals surface area contributed by atoms with Crippen molar-refractivity contribution in [3.05, 3.63) is 0 Å². The maximum atomic E-state index is 12.1. The Morgan fingerprint density at radius 3 is 2.65 bits per heavy atom. The van der Waals surface area contributed by atoms with Crippen LogP contribution in [0.3, 0.4) is 0 Å². The summed E-state index contributed by atoms with van der Waals surface area (Å²) in [7, 11) is -0.688. The molecule has 2 rings (SSSR count). The zero-order chi connectivity index (χ0) is 17.0. The molecular formula is C17H32N2O3S. The monoisotopic (exact) mass is 344 g/mol. The Labute approximate surface area is 143 Å². The summed E-state index contributed by atoms with van der Waals surface area (Å²) in [5.41, 5.74) is -0.441. The van der Waals surface area contributed by atoms with Gasteiger partial charge in [0.2, 0.25) is 0 Å². The molecule has 2 aliphatic rings. The third kappa shape index (κ3) is 5.75. The molecule has 1 saturated carbocycles. The third-order valence-electron chi connectivity index (χ3n) is 4.59. The Balaban J connectivity index is 1.79. The minimum Gasteiger partial charge on any atom is -0.444 e. The number of nitrogens with zero attached hydrogens (tertiary/aromatic N) is 1. The number of amides is 1. The van der Waals surface area contributed by atoms with E-state index in [0.29, 0.717) is 23.9 Å². The molecule has 1 N–H and O–H groups in total. The van der Waals surface area contributed by atoms with Gasteiger partial charge in [-0.15, -0.1) is 0 Å². The van der Waals surface area contributed by atoms with Crippen LogP contribution in [0.25, 0.3) is 0 Å². The molecule has 0 aromatic heterocycles. The van der Waals surface area contributed by atoms with Gasteiger partial charge in [0.25, 0.3) is 0 Å². The highest BCUT2D eigenvalue weighted by molar-refractivity contribution is 7.85. The zero-order valence-electron chi connectivity index (χ0n) is 15.0. The van der Waals surface area contributed by atoms with Crippen LogP contribution in [0.4, 0.5) is 4.79 Å². The first-order valence-corrected chi connectivity index (χ1v) is 10.3. The van der Waals surface area contributed by atoms with Gasteiger partial charge in [-0.3, -0.25) is 4.21 Å². The maximum Gasteiger partial charge on any atom is 0.410 e. The number of hydrogen-bond donors (Lipinski definition) is 1. The molecule has 1 heterocycles. The van der Waals surface area contributed by atoms with E-state index in [2.05, 4.69) is 5.32 Å². The highest BCUT2D eigenvalue weighted by Crippen LogP contribution is 2.24. The van der Waals surface area contributed by atoms with Crippen molar-refractivity contribution < 1.29 is 13.7 Å². The largest absolute Gasteiger partial charge is 0.444 e. The van der Waals surface area contributed by atoms with Crippen LogP contribution in [-0.2, 0) is 15.5 Å². The van der Waals surface area contributed by atoms with E-state index in [9.17, 15) is 9.00 Å². The third-order valence-corrected chi connectivity index (χ3v) is 6.33. The Morgan fingerprint density at radius 2 is 2.00 bits per heavy atom. The molecule has 0 aromatic carbocycles. The predicted octanol–water partition coefficient (Wildman–Crippen LogP) is 2.67. The summed E-state index contributed by atoms with van der Waals surface area (Å²) in [5.74, 6) is 0.757. The fourth-order valence-corrected chi connectivity index (χ4v) is 4.84. The van der Waals surface area contributed by atoms with Crippen molar-refractivity contribution in [3.8, 4) is 0 Å². The Hall–Kier alpha value is -0.620. The summed E-state index contributed by atoms with van der Waals surface area (Å²) in [6, 6.07) is 0.772. The van der Waals surface area contributed by atoms with Crippen molar-refractivity contribution in [2.24, 2.45) is 0 Å². The van der Waals surface area contributed by atoms with Crippen LogP contribution < -0.4 is 5.32 Å². The fraction of sp³-hybridized carbons (Fsp3) is 0.941. The van der Waals surface area contributed by atoms with E-state index in [4.69, 9.17) is 4.74 Å². The average molecular weight is 345 g/mol. The van der Waals surface area contributed by atoms with Gasteiger partial charge < -0.3 is 15.0 Å². The molecule has 23 heavy (non-hydrogen) atoms. The van der Waals surface area contributed by atoms with E-state index < -0.39 is 16.4 Å². The van der Waals surface area contributed by atoms with Gasteiger partial charge in [0, 0.05) is 47.0 Å². The number of carbonyl (C=O) groups excluding carboxylic acids is 1. The van der Waals surface area contributed by atoms with Crippen molar-refractivity contribution in [3.63, 3.8) is 0 Å². The van der Waals surface area contributed by atoms with Gasteiger partial charge >= 0.3 is 6.09 Å². The second kappa shape index (κ2) is 7.97. The highest BCUT2D eigenvalue weighted by atomic mass is 32.2. The molecule has 0 spiro atoms. The van der Waals surface area contributed by atoms with Gasteiger partial charge in [0.1, 0.15) is 5.60 Å². The number of rotatable bonds is 4. The molecule has 1 aliphatic heterocycles. The van der Waals surface area contributed by atoms with Gasteiger partial charge in [-0.25, -0.2) is 4.79 Å². The van der Waals surface area contributed by atoms with Gasteiger partial charge in [-0.05, 0) is 46.5 Å². The van der Waals surface area contributed by atoms with Crippen LogP contribution in [-0.4, -0.2) is 57.0 Å². The standard InChI is InChI=1S/C17H32N2O3S/c1-5-23(21)15-8-6-7-13(11-15)18-14-9-10-19(12-14)16(20)22-17(2,3)4/h13-15,18H,5-12H2,1-4H3. The summed E-state index contributed by atoms with van der Waals surface area (Å²) in [6.45, 7) is 9.16. The fourth-order valence-electron chi connectivity index (χ4n) is 3.49. The van der Waals surface area contributed by atoms with Crippen molar-refractivity contribution >= 4 is 16.9 Å². The molecule has 2 fully saturated rings. The quantitative estimate of drug-likeness (QED) is 0.852.